The molecule has 0 aliphatic carbocycles. The Bertz CT molecular complexity index is 1360. The lowest BCUT2D eigenvalue weighted by Crippen LogP contribution is -2.38. The number of nitrogens with zero attached hydrogens (tertiary/aromatic N) is 2. The highest BCUT2D eigenvalue weighted by molar-refractivity contribution is 6.15. The highest BCUT2D eigenvalue weighted by Crippen LogP contribution is 2.19. The van der Waals surface area contributed by atoms with E-state index in [-0.39, 0.29) is 12.3 Å². The van der Waals surface area contributed by atoms with Crippen molar-refractivity contribution in [1.29, 1.82) is 5.26 Å². The van der Waals surface area contributed by atoms with Crippen molar-refractivity contribution >= 4 is 29.6 Å². The molecular formula is C27H22N4O4. The van der Waals surface area contributed by atoms with E-state index in [0.29, 0.717) is 22.6 Å². The molecule has 35 heavy (non-hydrogen) atoms. The first kappa shape index (κ1) is 23.3. The Morgan fingerprint density at radius 1 is 1.09 bits per heavy atom. The molecule has 4 rings (SSSR count). The first-order chi connectivity index (χ1) is 16.9. The molecule has 1 aliphatic rings. The van der Waals surface area contributed by atoms with E-state index in [0.717, 1.165) is 16.0 Å². The zero-order valence-electron chi connectivity index (χ0n) is 18.9. The summed E-state index contributed by atoms with van der Waals surface area (Å²) in [7, 11) is 0. The second-order valence-electron chi connectivity index (χ2n) is 7.92. The Kier molecular flexibility index (Phi) is 6.88. The van der Waals surface area contributed by atoms with Gasteiger partial charge in [-0.1, -0.05) is 42.5 Å². The predicted molar refractivity (Wildman–Crippen MR) is 130 cm³/mol. The van der Waals surface area contributed by atoms with Gasteiger partial charge in [-0.15, -0.1) is 0 Å². The van der Waals surface area contributed by atoms with Gasteiger partial charge in [-0.2, -0.15) is 5.26 Å². The van der Waals surface area contributed by atoms with Crippen molar-refractivity contribution in [1.82, 2.24) is 10.2 Å². The molecule has 0 saturated carbocycles. The minimum Gasteiger partial charge on any atom is -0.489 e. The number of nitriles is 1. The molecule has 2 N–H and O–H groups in total. The van der Waals surface area contributed by atoms with Gasteiger partial charge in [-0.05, 0) is 54.5 Å². The largest absolute Gasteiger partial charge is 0.489 e. The average Bonchev–Trinajstić information content (AvgIpc) is 3.11. The maximum absolute atomic E-state index is 12.7. The number of rotatable bonds is 7. The second-order valence-corrected chi connectivity index (χ2v) is 7.92. The molecule has 0 aromatic heterocycles. The summed E-state index contributed by atoms with van der Waals surface area (Å²) in [4.78, 5) is 38.2. The third-order valence-electron chi connectivity index (χ3n) is 5.29. The van der Waals surface area contributed by atoms with E-state index < -0.39 is 24.4 Å². The van der Waals surface area contributed by atoms with Crippen LogP contribution in [0.15, 0.2) is 78.5 Å². The fraction of sp³-hybridized carbons (Fsp3) is 0.111. The monoisotopic (exact) mass is 466 g/mol. The summed E-state index contributed by atoms with van der Waals surface area (Å²) in [6, 6.07) is 22.9. The summed E-state index contributed by atoms with van der Waals surface area (Å²) in [5.41, 5.74) is 3.66. The Balaban J connectivity index is 1.37. The molecular weight excluding hydrogens is 444 g/mol. The molecule has 8 nitrogen and oxygen atoms in total. The number of hydrogen-bond acceptors (Lipinski definition) is 5. The van der Waals surface area contributed by atoms with Gasteiger partial charge in [0.15, 0.2) is 0 Å². The lowest BCUT2D eigenvalue weighted by molar-refractivity contribution is -0.127. The van der Waals surface area contributed by atoms with Gasteiger partial charge in [-0.3, -0.25) is 9.59 Å². The molecule has 1 fully saturated rings. The van der Waals surface area contributed by atoms with Gasteiger partial charge >= 0.3 is 6.03 Å². The molecule has 1 saturated heterocycles. The van der Waals surface area contributed by atoms with Crippen LogP contribution in [0.2, 0.25) is 0 Å². The summed E-state index contributed by atoms with van der Waals surface area (Å²) >= 11 is 0. The highest BCUT2D eigenvalue weighted by Gasteiger charge is 2.34. The number of imide groups is 1. The van der Waals surface area contributed by atoms with Crippen molar-refractivity contribution in [2.24, 2.45) is 0 Å². The lowest BCUT2D eigenvalue weighted by atomic mass is 10.1. The quantitative estimate of drug-likeness (QED) is 0.404. The van der Waals surface area contributed by atoms with Crippen LogP contribution in [-0.2, 0) is 16.2 Å². The van der Waals surface area contributed by atoms with E-state index >= 15 is 0 Å². The smallest absolute Gasteiger partial charge is 0.329 e. The number of hydrogen-bond donors (Lipinski definition) is 2. The molecule has 8 heteroatoms. The van der Waals surface area contributed by atoms with Crippen LogP contribution in [0.5, 0.6) is 5.75 Å². The van der Waals surface area contributed by atoms with Crippen molar-refractivity contribution in [2.75, 3.05) is 11.9 Å². The topological polar surface area (TPSA) is 112 Å². The number of benzene rings is 3. The first-order valence-corrected chi connectivity index (χ1v) is 10.8. The Morgan fingerprint density at radius 3 is 2.60 bits per heavy atom. The molecule has 3 aromatic carbocycles. The van der Waals surface area contributed by atoms with Crippen molar-refractivity contribution in [3.63, 3.8) is 0 Å². The normalized spacial score (nSPS) is 13.9. The van der Waals surface area contributed by atoms with Crippen molar-refractivity contribution in [3.8, 4) is 11.8 Å². The molecule has 1 aliphatic heterocycles. The van der Waals surface area contributed by atoms with Crippen LogP contribution in [0, 0.1) is 18.3 Å². The maximum atomic E-state index is 12.7. The number of aryl methyl sites for hydroxylation is 1. The third-order valence-corrected chi connectivity index (χ3v) is 5.29. The predicted octanol–water partition coefficient (Wildman–Crippen LogP) is 3.98. The summed E-state index contributed by atoms with van der Waals surface area (Å²) < 4.78 is 5.75. The third kappa shape index (κ3) is 5.72. The second kappa shape index (κ2) is 10.4. The summed E-state index contributed by atoms with van der Waals surface area (Å²) in [5.74, 6) is -0.459. The number of carbonyl (C=O) groups excluding carboxylic acids is 3. The molecule has 0 atom stereocenters. The van der Waals surface area contributed by atoms with Crippen molar-refractivity contribution in [2.45, 2.75) is 13.5 Å². The standard InChI is InChI=1S/C27H22N4O4/c1-18-5-4-8-22(13-18)29-25(32)16-31-26(33)24(30-27(31)34)14-19-9-11-23(12-10-19)35-17-21-7-3-2-6-20(21)15-28/h2-14H,16-17H2,1H3,(H,29,32)(H,30,34). The van der Waals surface area contributed by atoms with Crippen molar-refractivity contribution < 1.29 is 19.1 Å². The van der Waals surface area contributed by atoms with Crippen LogP contribution in [-0.4, -0.2) is 29.3 Å². The van der Waals surface area contributed by atoms with Gasteiger partial charge in [0, 0.05) is 11.3 Å². The number of ether oxygens (including phenoxy) is 1. The van der Waals surface area contributed by atoms with Crippen LogP contribution < -0.4 is 15.4 Å². The van der Waals surface area contributed by atoms with Gasteiger partial charge < -0.3 is 15.4 Å². The van der Waals surface area contributed by atoms with E-state index in [1.807, 2.05) is 25.1 Å². The molecule has 174 valence electrons. The first-order valence-electron chi connectivity index (χ1n) is 10.8. The van der Waals surface area contributed by atoms with Gasteiger partial charge in [0.25, 0.3) is 5.91 Å². The lowest BCUT2D eigenvalue weighted by Gasteiger charge is -2.12. The fourth-order valence-electron chi connectivity index (χ4n) is 3.53. The van der Waals surface area contributed by atoms with E-state index in [1.54, 1.807) is 54.6 Å². The molecule has 1 heterocycles. The zero-order chi connectivity index (χ0) is 24.8. The molecule has 0 unspecified atom stereocenters. The molecule has 0 bridgehead atoms. The van der Waals surface area contributed by atoms with Gasteiger partial charge in [0.2, 0.25) is 5.91 Å². The highest BCUT2D eigenvalue weighted by atomic mass is 16.5. The van der Waals surface area contributed by atoms with E-state index in [9.17, 15) is 19.6 Å². The molecule has 0 spiro atoms. The number of amides is 4. The Hall–Kier alpha value is -4.90. The van der Waals surface area contributed by atoms with Crippen LogP contribution in [0.25, 0.3) is 6.08 Å². The van der Waals surface area contributed by atoms with Crippen LogP contribution in [0.3, 0.4) is 0 Å². The summed E-state index contributed by atoms with van der Waals surface area (Å²) in [5, 5.41) is 14.4. The summed E-state index contributed by atoms with van der Waals surface area (Å²) in [6.45, 7) is 1.75. The minimum atomic E-state index is -0.656. The maximum Gasteiger partial charge on any atom is 0.329 e. The van der Waals surface area contributed by atoms with Crippen LogP contribution in [0.1, 0.15) is 22.3 Å². The van der Waals surface area contributed by atoms with E-state index in [2.05, 4.69) is 16.7 Å². The molecule has 3 aromatic rings. The average molecular weight is 466 g/mol. The van der Waals surface area contributed by atoms with E-state index in [1.165, 1.54) is 6.08 Å². The van der Waals surface area contributed by atoms with Gasteiger partial charge in [-0.25, -0.2) is 9.69 Å². The SMILES string of the molecule is Cc1cccc(NC(=O)CN2C(=O)NC(=Cc3ccc(OCc4ccccc4C#N)cc3)C2=O)c1. The molecule has 0 radical (unpaired) electrons. The minimum absolute atomic E-state index is 0.0787. The fourth-order valence-corrected chi connectivity index (χ4v) is 3.53. The number of urea groups is 1. The van der Waals surface area contributed by atoms with Crippen LogP contribution in [0.4, 0.5) is 10.5 Å². The number of nitrogens with one attached hydrogen (secondary N) is 2. The molecule has 4 amide bonds. The number of carbonyl (C=O) groups is 3. The Morgan fingerprint density at radius 2 is 1.86 bits per heavy atom. The van der Waals surface area contributed by atoms with Crippen molar-refractivity contribution in [3.05, 3.63) is 101 Å². The number of anilines is 1. The zero-order valence-corrected chi connectivity index (χ0v) is 18.9. The van der Waals surface area contributed by atoms with Crippen LogP contribution >= 0.6 is 0 Å². The van der Waals surface area contributed by atoms with Gasteiger partial charge in [0.1, 0.15) is 24.6 Å². The van der Waals surface area contributed by atoms with Gasteiger partial charge in [0.05, 0.1) is 11.6 Å². The Labute approximate surface area is 202 Å². The summed E-state index contributed by atoms with van der Waals surface area (Å²) in [6.07, 6.45) is 1.54. The van der Waals surface area contributed by atoms with E-state index in [4.69, 9.17) is 4.74 Å².